The van der Waals surface area contributed by atoms with Gasteiger partial charge in [0.05, 0.1) is 17.7 Å². The van der Waals surface area contributed by atoms with E-state index in [4.69, 9.17) is 4.74 Å². The molecule has 0 saturated heterocycles. The van der Waals surface area contributed by atoms with Crippen LogP contribution < -0.4 is 14.4 Å². The van der Waals surface area contributed by atoms with Crippen molar-refractivity contribution in [2.45, 2.75) is 18.4 Å². The van der Waals surface area contributed by atoms with Gasteiger partial charge in [-0.25, -0.2) is 8.42 Å². The molecule has 0 radical (unpaired) electrons. The third kappa shape index (κ3) is 5.18. The Morgan fingerprint density at radius 2 is 1.57 bits per heavy atom. The second-order valence-electron chi connectivity index (χ2n) is 6.79. The van der Waals surface area contributed by atoms with E-state index in [-0.39, 0.29) is 11.4 Å². The molecule has 1 amide bonds. The molecule has 0 spiro atoms. The van der Waals surface area contributed by atoms with Crippen molar-refractivity contribution >= 4 is 21.6 Å². The molecule has 0 heterocycles. The number of carbonyl (C=O) groups is 1. The molecule has 1 N–H and O–H groups in total. The maximum absolute atomic E-state index is 13.3. The second-order valence-corrected chi connectivity index (χ2v) is 8.65. The van der Waals surface area contributed by atoms with Gasteiger partial charge in [-0.15, -0.1) is 0 Å². The first-order chi connectivity index (χ1) is 14.4. The highest BCUT2D eigenvalue weighted by molar-refractivity contribution is 7.92. The van der Waals surface area contributed by atoms with Crippen molar-refractivity contribution in [3.05, 3.63) is 90.0 Å². The van der Waals surface area contributed by atoms with Gasteiger partial charge in [-0.05, 0) is 48.9 Å². The van der Waals surface area contributed by atoms with Crippen LogP contribution in [0.25, 0.3) is 0 Å². The van der Waals surface area contributed by atoms with Crippen LogP contribution in [0.5, 0.6) is 5.75 Å². The molecule has 0 saturated carbocycles. The topological polar surface area (TPSA) is 75.7 Å². The molecular formula is C23H24N2O4S. The number of anilines is 1. The SMILES string of the molecule is COc1ccc(S(=O)(=O)N(CC(=O)NCc2ccccc2)c2ccc(C)cc2)cc1. The number of benzene rings is 3. The minimum Gasteiger partial charge on any atom is -0.497 e. The lowest BCUT2D eigenvalue weighted by Crippen LogP contribution is -2.40. The Bertz CT molecular complexity index is 1080. The zero-order valence-electron chi connectivity index (χ0n) is 16.9. The summed E-state index contributed by atoms with van der Waals surface area (Å²) in [4.78, 5) is 12.7. The average molecular weight is 425 g/mol. The number of methoxy groups -OCH3 is 1. The van der Waals surface area contributed by atoms with Crippen LogP contribution in [0, 0.1) is 6.92 Å². The van der Waals surface area contributed by atoms with Crippen molar-refractivity contribution in [2.75, 3.05) is 18.0 Å². The zero-order chi connectivity index (χ0) is 21.6. The summed E-state index contributed by atoms with van der Waals surface area (Å²) in [6.45, 7) is 1.91. The van der Waals surface area contributed by atoms with E-state index in [0.29, 0.717) is 18.0 Å². The minimum absolute atomic E-state index is 0.0831. The third-order valence-electron chi connectivity index (χ3n) is 4.59. The lowest BCUT2D eigenvalue weighted by Gasteiger charge is -2.24. The Morgan fingerprint density at radius 1 is 0.933 bits per heavy atom. The lowest BCUT2D eigenvalue weighted by molar-refractivity contribution is -0.119. The van der Waals surface area contributed by atoms with Crippen LogP contribution in [0.1, 0.15) is 11.1 Å². The van der Waals surface area contributed by atoms with E-state index in [1.54, 1.807) is 24.3 Å². The molecule has 0 bridgehead atoms. The highest BCUT2D eigenvalue weighted by atomic mass is 32.2. The van der Waals surface area contributed by atoms with E-state index in [2.05, 4.69) is 5.32 Å². The molecule has 0 aliphatic rings. The zero-order valence-corrected chi connectivity index (χ0v) is 17.7. The minimum atomic E-state index is -3.95. The fraction of sp³-hybridized carbons (Fsp3) is 0.174. The standard InChI is InChI=1S/C23H24N2O4S/c1-18-8-10-20(11-9-18)25(17-23(26)24-16-19-6-4-3-5-7-19)30(27,28)22-14-12-21(29-2)13-15-22/h3-15H,16-17H2,1-2H3,(H,24,26). The Labute approximate surface area is 177 Å². The number of rotatable bonds is 8. The number of sulfonamides is 1. The number of nitrogens with one attached hydrogen (secondary N) is 1. The molecule has 156 valence electrons. The summed E-state index contributed by atoms with van der Waals surface area (Å²) in [5.74, 6) is 0.160. The molecule has 7 heteroatoms. The fourth-order valence-corrected chi connectivity index (χ4v) is 4.30. The molecule has 0 aliphatic carbocycles. The summed E-state index contributed by atoms with van der Waals surface area (Å²) in [6, 6.07) is 22.6. The summed E-state index contributed by atoms with van der Waals surface area (Å²) < 4.78 is 32.9. The Balaban J connectivity index is 1.86. The monoisotopic (exact) mass is 424 g/mol. The summed E-state index contributed by atoms with van der Waals surface area (Å²) in [6.07, 6.45) is 0. The van der Waals surface area contributed by atoms with Gasteiger partial charge in [0, 0.05) is 6.54 Å². The Hall–Kier alpha value is -3.32. The van der Waals surface area contributed by atoms with Crippen molar-refractivity contribution < 1.29 is 17.9 Å². The number of nitrogens with zero attached hydrogens (tertiary/aromatic N) is 1. The molecular weight excluding hydrogens is 400 g/mol. The predicted octanol–water partition coefficient (Wildman–Crippen LogP) is 3.52. The highest BCUT2D eigenvalue weighted by Gasteiger charge is 2.27. The Morgan fingerprint density at radius 3 is 2.17 bits per heavy atom. The maximum Gasteiger partial charge on any atom is 0.264 e. The predicted molar refractivity (Wildman–Crippen MR) is 117 cm³/mol. The average Bonchev–Trinajstić information content (AvgIpc) is 2.77. The van der Waals surface area contributed by atoms with E-state index in [1.165, 1.54) is 19.2 Å². The first-order valence-corrected chi connectivity index (χ1v) is 10.9. The number of aryl methyl sites for hydroxylation is 1. The largest absolute Gasteiger partial charge is 0.497 e. The molecule has 3 aromatic carbocycles. The van der Waals surface area contributed by atoms with Gasteiger partial charge in [0.25, 0.3) is 10.0 Å². The van der Waals surface area contributed by atoms with Crippen molar-refractivity contribution in [3.8, 4) is 5.75 Å². The molecule has 6 nitrogen and oxygen atoms in total. The molecule has 0 unspecified atom stereocenters. The number of amides is 1. The number of hydrogen-bond donors (Lipinski definition) is 1. The number of ether oxygens (including phenoxy) is 1. The van der Waals surface area contributed by atoms with E-state index >= 15 is 0 Å². The molecule has 0 aliphatic heterocycles. The molecule has 0 aromatic heterocycles. The van der Waals surface area contributed by atoms with Gasteiger partial charge < -0.3 is 10.1 Å². The van der Waals surface area contributed by atoms with Crippen molar-refractivity contribution in [2.24, 2.45) is 0 Å². The van der Waals surface area contributed by atoms with Crippen molar-refractivity contribution in [3.63, 3.8) is 0 Å². The van der Waals surface area contributed by atoms with Gasteiger partial charge >= 0.3 is 0 Å². The van der Waals surface area contributed by atoms with E-state index in [9.17, 15) is 13.2 Å². The van der Waals surface area contributed by atoms with Crippen LogP contribution in [0.15, 0.2) is 83.8 Å². The second kappa shape index (κ2) is 9.45. The van der Waals surface area contributed by atoms with Gasteiger partial charge in [-0.3, -0.25) is 9.10 Å². The lowest BCUT2D eigenvalue weighted by atomic mass is 10.2. The molecule has 3 aromatic rings. The van der Waals surface area contributed by atoms with Gasteiger partial charge in [0.15, 0.2) is 0 Å². The summed E-state index contributed by atoms with van der Waals surface area (Å²) >= 11 is 0. The quantitative estimate of drug-likeness (QED) is 0.600. The van der Waals surface area contributed by atoms with E-state index in [0.717, 1.165) is 15.4 Å². The smallest absolute Gasteiger partial charge is 0.264 e. The molecule has 30 heavy (non-hydrogen) atoms. The van der Waals surface area contributed by atoms with Crippen molar-refractivity contribution in [1.82, 2.24) is 5.32 Å². The normalized spacial score (nSPS) is 11.0. The molecule has 0 atom stereocenters. The summed E-state index contributed by atoms with van der Waals surface area (Å²) in [5, 5.41) is 2.79. The van der Waals surface area contributed by atoms with E-state index < -0.39 is 15.9 Å². The number of hydrogen-bond acceptors (Lipinski definition) is 4. The van der Waals surface area contributed by atoms with Gasteiger partial charge in [0.2, 0.25) is 5.91 Å². The fourth-order valence-electron chi connectivity index (χ4n) is 2.88. The van der Waals surface area contributed by atoms with E-state index in [1.807, 2.05) is 49.4 Å². The first-order valence-electron chi connectivity index (χ1n) is 9.44. The van der Waals surface area contributed by atoms with Crippen molar-refractivity contribution in [1.29, 1.82) is 0 Å². The molecule has 0 fully saturated rings. The van der Waals surface area contributed by atoms with Gasteiger partial charge in [-0.1, -0.05) is 48.0 Å². The summed E-state index contributed by atoms with van der Waals surface area (Å²) in [5.41, 5.74) is 2.35. The number of carbonyl (C=O) groups excluding carboxylic acids is 1. The van der Waals surface area contributed by atoms with Crippen LogP contribution in [0.3, 0.4) is 0 Å². The van der Waals surface area contributed by atoms with Crippen LogP contribution in [-0.4, -0.2) is 28.0 Å². The van der Waals surface area contributed by atoms with Crippen LogP contribution >= 0.6 is 0 Å². The van der Waals surface area contributed by atoms with Gasteiger partial charge in [-0.2, -0.15) is 0 Å². The summed E-state index contributed by atoms with van der Waals surface area (Å²) in [7, 11) is -2.44. The Kier molecular flexibility index (Phi) is 6.74. The first kappa shape index (κ1) is 21.4. The highest BCUT2D eigenvalue weighted by Crippen LogP contribution is 2.25. The molecule has 3 rings (SSSR count). The van der Waals surface area contributed by atoms with Crippen LogP contribution in [0.4, 0.5) is 5.69 Å². The van der Waals surface area contributed by atoms with Crippen LogP contribution in [-0.2, 0) is 21.4 Å². The maximum atomic E-state index is 13.3. The van der Waals surface area contributed by atoms with Crippen LogP contribution in [0.2, 0.25) is 0 Å². The third-order valence-corrected chi connectivity index (χ3v) is 6.38. The van der Waals surface area contributed by atoms with Gasteiger partial charge in [0.1, 0.15) is 12.3 Å².